The summed E-state index contributed by atoms with van der Waals surface area (Å²) in [6.45, 7) is 5.18. The van der Waals surface area contributed by atoms with Gasteiger partial charge in [0.25, 0.3) is 0 Å². The summed E-state index contributed by atoms with van der Waals surface area (Å²) in [5.74, 6) is 3.12. The van der Waals surface area contributed by atoms with Crippen molar-refractivity contribution in [2.75, 3.05) is 25.9 Å². The van der Waals surface area contributed by atoms with Gasteiger partial charge in [0.1, 0.15) is 0 Å². The summed E-state index contributed by atoms with van der Waals surface area (Å²) in [5, 5.41) is 6.23. The van der Waals surface area contributed by atoms with Crippen LogP contribution in [0.4, 0.5) is 0 Å². The molecule has 8 heteroatoms. The molecule has 2 aromatic heterocycles. The molecule has 0 spiro atoms. The third-order valence-corrected chi connectivity index (χ3v) is 6.08. The molecule has 3 aliphatic heterocycles. The van der Waals surface area contributed by atoms with Crippen molar-refractivity contribution in [1.29, 1.82) is 0 Å². The van der Waals surface area contributed by atoms with E-state index < -0.39 is 0 Å². The number of aromatic nitrogens is 3. The summed E-state index contributed by atoms with van der Waals surface area (Å²) >= 11 is 3.40. The zero-order valence-electron chi connectivity index (χ0n) is 13.9. The van der Waals surface area contributed by atoms with Crippen molar-refractivity contribution in [2.24, 2.45) is 5.92 Å². The molecule has 0 radical (unpaired) electrons. The number of fused-ring (bicyclic) bond motifs is 4. The normalized spacial score (nSPS) is 25.2. The molecule has 24 heavy (non-hydrogen) atoms. The number of hydrogen-bond donors (Lipinski definition) is 0. The minimum atomic E-state index is 0.582. The van der Waals surface area contributed by atoms with Gasteiger partial charge in [-0.25, -0.2) is 4.98 Å². The van der Waals surface area contributed by atoms with Gasteiger partial charge in [0.2, 0.25) is 5.89 Å². The number of nitrogens with zero attached hydrogens (tertiary/aromatic N) is 5. The van der Waals surface area contributed by atoms with Crippen LogP contribution in [0.15, 0.2) is 15.4 Å². The van der Waals surface area contributed by atoms with E-state index in [-0.39, 0.29) is 0 Å². The Labute approximate surface area is 150 Å². The quantitative estimate of drug-likeness (QED) is 0.779. The van der Waals surface area contributed by atoms with E-state index in [1.807, 2.05) is 5.51 Å². The van der Waals surface area contributed by atoms with E-state index in [2.05, 4.69) is 36.6 Å². The van der Waals surface area contributed by atoms with Gasteiger partial charge in [-0.05, 0) is 25.0 Å². The lowest BCUT2D eigenvalue weighted by molar-refractivity contribution is 0.109. The summed E-state index contributed by atoms with van der Waals surface area (Å²) in [4.78, 5) is 14.1. The van der Waals surface area contributed by atoms with Crippen LogP contribution in [0.5, 0.6) is 0 Å². The predicted octanol–water partition coefficient (Wildman–Crippen LogP) is 2.49. The SMILES string of the molecule is CSCc1noc(CN2C[C@H]3CC[C@@H]2CN(Cc2cscn2)C3)n1. The maximum Gasteiger partial charge on any atom is 0.240 e. The van der Waals surface area contributed by atoms with Crippen LogP contribution in [0.2, 0.25) is 0 Å². The summed E-state index contributed by atoms with van der Waals surface area (Å²) in [6, 6.07) is 0.582. The lowest BCUT2D eigenvalue weighted by Crippen LogP contribution is -2.43. The maximum atomic E-state index is 5.44. The van der Waals surface area contributed by atoms with Crippen molar-refractivity contribution < 1.29 is 4.52 Å². The van der Waals surface area contributed by atoms with E-state index in [0.717, 1.165) is 49.6 Å². The number of hydrogen-bond acceptors (Lipinski definition) is 8. The monoisotopic (exact) mass is 365 g/mol. The fraction of sp³-hybridized carbons (Fsp3) is 0.688. The van der Waals surface area contributed by atoms with E-state index in [9.17, 15) is 0 Å². The zero-order valence-corrected chi connectivity index (χ0v) is 15.6. The fourth-order valence-electron chi connectivity index (χ4n) is 3.86. The number of thioether (sulfide) groups is 1. The topological polar surface area (TPSA) is 58.3 Å². The first kappa shape index (κ1) is 16.5. The first-order valence-electron chi connectivity index (χ1n) is 8.44. The summed E-state index contributed by atoms with van der Waals surface area (Å²) in [7, 11) is 0. The van der Waals surface area contributed by atoms with Crippen LogP contribution >= 0.6 is 23.1 Å². The third-order valence-electron chi connectivity index (χ3n) is 4.89. The smallest absolute Gasteiger partial charge is 0.240 e. The molecule has 3 aliphatic rings. The molecule has 2 bridgehead atoms. The van der Waals surface area contributed by atoms with E-state index >= 15 is 0 Å². The van der Waals surface area contributed by atoms with E-state index in [1.54, 1.807) is 23.1 Å². The third kappa shape index (κ3) is 3.82. The van der Waals surface area contributed by atoms with Crippen molar-refractivity contribution in [2.45, 2.75) is 37.7 Å². The Morgan fingerprint density at radius 3 is 3.08 bits per heavy atom. The lowest BCUT2D eigenvalue weighted by Gasteiger charge is -2.35. The summed E-state index contributed by atoms with van der Waals surface area (Å²) in [5.41, 5.74) is 3.13. The highest BCUT2D eigenvalue weighted by molar-refractivity contribution is 7.97. The number of thiazole rings is 1. The minimum absolute atomic E-state index is 0.582. The van der Waals surface area contributed by atoms with Gasteiger partial charge in [0.05, 0.1) is 23.5 Å². The highest BCUT2D eigenvalue weighted by Gasteiger charge is 2.35. The first-order chi connectivity index (χ1) is 11.8. The molecule has 0 aromatic carbocycles. The van der Waals surface area contributed by atoms with Crippen molar-refractivity contribution in [3.05, 3.63) is 28.3 Å². The Bertz CT molecular complexity index is 647. The molecular weight excluding hydrogens is 342 g/mol. The van der Waals surface area contributed by atoms with Crippen molar-refractivity contribution in [3.63, 3.8) is 0 Å². The van der Waals surface area contributed by atoms with Gasteiger partial charge in [0.15, 0.2) is 5.82 Å². The van der Waals surface area contributed by atoms with Gasteiger partial charge < -0.3 is 4.52 Å². The van der Waals surface area contributed by atoms with E-state index in [4.69, 9.17) is 4.52 Å². The Hall–Kier alpha value is -0.960. The highest BCUT2D eigenvalue weighted by Crippen LogP contribution is 2.29. The van der Waals surface area contributed by atoms with Crippen LogP contribution < -0.4 is 0 Å². The Kier molecular flexibility index (Phi) is 5.17. The maximum absolute atomic E-state index is 5.44. The Balaban J connectivity index is 1.40. The summed E-state index contributed by atoms with van der Waals surface area (Å²) < 4.78 is 5.44. The minimum Gasteiger partial charge on any atom is -0.338 e. The largest absolute Gasteiger partial charge is 0.338 e. The van der Waals surface area contributed by atoms with Gasteiger partial charge in [-0.15, -0.1) is 11.3 Å². The van der Waals surface area contributed by atoms with Crippen molar-refractivity contribution >= 4 is 23.1 Å². The van der Waals surface area contributed by atoms with Crippen LogP contribution in [0, 0.1) is 5.92 Å². The molecule has 0 aliphatic carbocycles. The van der Waals surface area contributed by atoms with Crippen LogP contribution in [0.3, 0.4) is 0 Å². The van der Waals surface area contributed by atoms with Gasteiger partial charge in [-0.3, -0.25) is 9.80 Å². The van der Waals surface area contributed by atoms with Gasteiger partial charge >= 0.3 is 0 Å². The first-order valence-corrected chi connectivity index (χ1v) is 10.8. The number of piperidine rings is 1. The van der Waals surface area contributed by atoms with Crippen molar-refractivity contribution in [1.82, 2.24) is 24.9 Å². The molecule has 2 aromatic rings. The van der Waals surface area contributed by atoms with Crippen LogP contribution in [-0.2, 0) is 18.8 Å². The van der Waals surface area contributed by atoms with E-state index in [1.165, 1.54) is 25.1 Å². The average Bonchev–Trinajstić information content (AvgIpc) is 3.15. The molecule has 0 amide bonds. The fourth-order valence-corrected chi connectivity index (χ4v) is 4.78. The molecule has 2 atom stereocenters. The van der Waals surface area contributed by atoms with Crippen LogP contribution in [0.25, 0.3) is 0 Å². The molecule has 3 saturated heterocycles. The van der Waals surface area contributed by atoms with Crippen LogP contribution in [-0.4, -0.2) is 56.9 Å². The van der Waals surface area contributed by atoms with Crippen LogP contribution in [0.1, 0.15) is 30.3 Å². The number of rotatable bonds is 6. The molecule has 5 rings (SSSR count). The average molecular weight is 366 g/mol. The molecular formula is C16H23N5OS2. The zero-order chi connectivity index (χ0) is 16.4. The van der Waals surface area contributed by atoms with E-state index in [0.29, 0.717) is 6.04 Å². The molecule has 0 unspecified atom stereocenters. The molecule has 3 fully saturated rings. The summed E-state index contributed by atoms with van der Waals surface area (Å²) in [6.07, 6.45) is 4.65. The highest BCUT2D eigenvalue weighted by atomic mass is 32.2. The second-order valence-corrected chi connectivity index (χ2v) is 8.32. The molecule has 0 saturated carbocycles. The Morgan fingerprint density at radius 1 is 1.29 bits per heavy atom. The molecule has 5 heterocycles. The lowest BCUT2D eigenvalue weighted by atomic mass is 9.95. The molecule has 0 N–H and O–H groups in total. The predicted molar refractivity (Wildman–Crippen MR) is 95.8 cm³/mol. The second-order valence-electron chi connectivity index (χ2n) is 6.74. The standard InChI is InChI=1S/C16H23N5OS2/c1-23-10-15-18-16(22-19-15)8-21-5-12-2-3-14(21)7-20(4-12)6-13-9-24-11-17-13/h9,11-12,14H,2-8,10H2,1H3/t12-,14+/m0/s1. The van der Waals surface area contributed by atoms with Gasteiger partial charge in [0, 0.05) is 37.6 Å². The van der Waals surface area contributed by atoms with Gasteiger partial charge in [-0.2, -0.15) is 16.7 Å². The molecule has 6 nitrogen and oxygen atoms in total. The molecule has 130 valence electrons. The van der Waals surface area contributed by atoms with Crippen molar-refractivity contribution in [3.8, 4) is 0 Å². The second kappa shape index (κ2) is 7.51. The van der Waals surface area contributed by atoms with Gasteiger partial charge in [-0.1, -0.05) is 5.16 Å². The Morgan fingerprint density at radius 2 is 2.25 bits per heavy atom.